The molecule has 113 valence electrons. The zero-order valence-corrected chi connectivity index (χ0v) is 12.3. The first-order chi connectivity index (χ1) is 11.3. The van der Waals surface area contributed by atoms with E-state index in [2.05, 4.69) is 32.3 Å². The van der Waals surface area contributed by atoms with Gasteiger partial charge in [0.15, 0.2) is 5.82 Å². The largest absolute Gasteiger partial charge is 0.494 e. The van der Waals surface area contributed by atoms with E-state index in [1.165, 1.54) is 6.33 Å². The molecule has 2 aromatic carbocycles. The van der Waals surface area contributed by atoms with E-state index in [-0.39, 0.29) is 0 Å². The maximum absolute atomic E-state index is 5.47. The van der Waals surface area contributed by atoms with Gasteiger partial charge in [-0.05, 0) is 37.3 Å². The van der Waals surface area contributed by atoms with E-state index >= 15 is 0 Å². The number of fused-ring (bicyclic) bond motifs is 1. The lowest BCUT2D eigenvalue weighted by atomic mass is 10.1. The maximum Gasteiger partial charge on any atom is 0.155 e. The second kappa shape index (κ2) is 5.57. The number of nitrogens with zero attached hydrogens (tertiary/aromatic N) is 3. The first kappa shape index (κ1) is 13.5. The number of aromatic nitrogens is 5. The van der Waals surface area contributed by atoms with E-state index in [1.54, 1.807) is 0 Å². The highest BCUT2D eigenvalue weighted by Gasteiger charge is 2.11. The minimum absolute atomic E-state index is 0.389. The average molecular weight is 304 g/mol. The summed E-state index contributed by atoms with van der Waals surface area (Å²) in [5.41, 5.74) is 3.78. The minimum atomic E-state index is 0.389. The van der Waals surface area contributed by atoms with E-state index in [9.17, 15) is 0 Å². The monoisotopic (exact) mass is 304 g/mol. The Hall–Kier alpha value is -3.15. The summed E-state index contributed by atoms with van der Waals surface area (Å²) < 4.78 is 5.47. The maximum atomic E-state index is 5.47. The number of ether oxygens (including phenoxy) is 1. The fraction of sp³-hybridized carbons (Fsp3) is 0.0588. The first-order valence-electron chi connectivity index (χ1n) is 7.21. The third kappa shape index (κ3) is 2.44. The lowest BCUT2D eigenvalue weighted by molar-refractivity contribution is 0.361. The summed E-state index contributed by atoms with van der Waals surface area (Å²) in [6.45, 7) is 4.09. The predicted octanol–water partition coefficient (Wildman–Crippen LogP) is 3.23. The van der Waals surface area contributed by atoms with E-state index in [0.717, 1.165) is 39.3 Å². The van der Waals surface area contributed by atoms with Gasteiger partial charge in [0, 0.05) is 16.5 Å². The van der Waals surface area contributed by atoms with Crippen LogP contribution in [0.1, 0.15) is 0 Å². The Morgan fingerprint density at radius 2 is 2.00 bits per heavy atom. The van der Waals surface area contributed by atoms with Crippen LogP contribution >= 0.6 is 0 Å². The molecular formula is C17H14N5O. The van der Waals surface area contributed by atoms with Crippen molar-refractivity contribution in [3.8, 4) is 28.4 Å². The zero-order valence-electron chi connectivity index (χ0n) is 12.3. The van der Waals surface area contributed by atoms with Crippen molar-refractivity contribution in [1.82, 2.24) is 25.4 Å². The number of nitrogens with one attached hydrogen (secondary N) is 2. The average Bonchev–Trinajstić information content (AvgIpc) is 3.24. The van der Waals surface area contributed by atoms with Gasteiger partial charge in [0.2, 0.25) is 0 Å². The third-order valence-electron chi connectivity index (χ3n) is 3.63. The van der Waals surface area contributed by atoms with Crippen LogP contribution in [0.3, 0.4) is 0 Å². The van der Waals surface area contributed by atoms with Gasteiger partial charge in [-0.2, -0.15) is 10.2 Å². The molecule has 0 aliphatic carbocycles. The van der Waals surface area contributed by atoms with Gasteiger partial charge < -0.3 is 4.74 Å². The van der Waals surface area contributed by atoms with Crippen molar-refractivity contribution in [3.63, 3.8) is 0 Å². The van der Waals surface area contributed by atoms with Crippen LogP contribution in [0.25, 0.3) is 33.5 Å². The van der Waals surface area contributed by atoms with Crippen molar-refractivity contribution < 1.29 is 4.74 Å². The number of aromatic amines is 2. The molecule has 23 heavy (non-hydrogen) atoms. The molecule has 2 heterocycles. The van der Waals surface area contributed by atoms with Crippen LogP contribution in [0.5, 0.6) is 5.75 Å². The van der Waals surface area contributed by atoms with Gasteiger partial charge in [-0.3, -0.25) is 10.2 Å². The summed E-state index contributed by atoms with van der Waals surface area (Å²) in [4.78, 5) is 4.19. The Kier molecular flexibility index (Phi) is 3.27. The van der Waals surface area contributed by atoms with Gasteiger partial charge >= 0.3 is 0 Å². The van der Waals surface area contributed by atoms with Gasteiger partial charge in [-0.1, -0.05) is 12.1 Å². The Morgan fingerprint density at radius 1 is 1.04 bits per heavy atom. The number of H-pyrrole nitrogens is 2. The highest BCUT2D eigenvalue weighted by molar-refractivity contribution is 5.95. The molecule has 6 nitrogen and oxygen atoms in total. The lowest BCUT2D eigenvalue weighted by Gasteiger charge is -2.05. The standard InChI is InChI=1S/C17H14N5O/c1-2-23-13-5-3-4-11(8-13)16-14-9-12(17-18-10-19-22-17)6-7-15(14)20-21-16/h3-10H,1-2H2,(H,20,21)(H,18,19,22). The molecule has 0 saturated carbocycles. The first-order valence-corrected chi connectivity index (χ1v) is 7.21. The van der Waals surface area contributed by atoms with Gasteiger partial charge in [0.05, 0.1) is 12.1 Å². The molecule has 2 aromatic heterocycles. The quantitative estimate of drug-likeness (QED) is 0.606. The molecular weight excluding hydrogens is 290 g/mol. The van der Waals surface area contributed by atoms with Crippen molar-refractivity contribution >= 4 is 10.9 Å². The molecule has 1 radical (unpaired) electrons. The fourth-order valence-corrected chi connectivity index (χ4v) is 2.58. The molecule has 0 bridgehead atoms. The third-order valence-corrected chi connectivity index (χ3v) is 3.63. The van der Waals surface area contributed by atoms with E-state index in [1.807, 2.05) is 42.5 Å². The van der Waals surface area contributed by atoms with Crippen LogP contribution in [0.2, 0.25) is 0 Å². The molecule has 0 atom stereocenters. The molecule has 2 N–H and O–H groups in total. The van der Waals surface area contributed by atoms with Crippen molar-refractivity contribution in [2.24, 2.45) is 0 Å². The van der Waals surface area contributed by atoms with Crippen LogP contribution in [0.4, 0.5) is 0 Å². The molecule has 0 saturated heterocycles. The molecule has 4 aromatic rings. The van der Waals surface area contributed by atoms with Gasteiger partial charge in [0.1, 0.15) is 17.8 Å². The van der Waals surface area contributed by atoms with Crippen LogP contribution < -0.4 is 4.74 Å². The highest BCUT2D eigenvalue weighted by atomic mass is 16.5. The van der Waals surface area contributed by atoms with Gasteiger partial charge in [0.25, 0.3) is 0 Å². The molecule has 0 aliphatic rings. The van der Waals surface area contributed by atoms with Crippen LogP contribution in [0, 0.1) is 6.92 Å². The number of benzene rings is 2. The van der Waals surface area contributed by atoms with Crippen LogP contribution in [-0.2, 0) is 0 Å². The Bertz CT molecular complexity index is 943. The Balaban J connectivity index is 1.84. The number of rotatable bonds is 4. The van der Waals surface area contributed by atoms with Crippen molar-refractivity contribution in [1.29, 1.82) is 0 Å². The van der Waals surface area contributed by atoms with Gasteiger partial charge in [-0.25, -0.2) is 4.98 Å². The Labute approximate surface area is 132 Å². The summed E-state index contributed by atoms with van der Waals surface area (Å²) in [5, 5.41) is 15.3. The normalized spacial score (nSPS) is 11.0. The van der Waals surface area contributed by atoms with Crippen LogP contribution in [-0.4, -0.2) is 32.0 Å². The van der Waals surface area contributed by atoms with Crippen molar-refractivity contribution in [3.05, 3.63) is 55.7 Å². The van der Waals surface area contributed by atoms with Crippen molar-refractivity contribution in [2.45, 2.75) is 0 Å². The minimum Gasteiger partial charge on any atom is -0.494 e. The highest BCUT2D eigenvalue weighted by Crippen LogP contribution is 2.31. The molecule has 4 rings (SSSR count). The summed E-state index contributed by atoms with van der Waals surface area (Å²) in [7, 11) is 0. The van der Waals surface area contributed by atoms with Gasteiger partial charge in [-0.15, -0.1) is 0 Å². The van der Waals surface area contributed by atoms with E-state index < -0.39 is 0 Å². The summed E-state index contributed by atoms with van der Waals surface area (Å²) in [5.74, 6) is 1.51. The second-order valence-corrected chi connectivity index (χ2v) is 5.04. The number of hydrogen-bond donors (Lipinski definition) is 2. The predicted molar refractivity (Wildman–Crippen MR) is 87.8 cm³/mol. The van der Waals surface area contributed by atoms with E-state index in [4.69, 9.17) is 4.74 Å². The molecule has 0 fully saturated rings. The van der Waals surface area contributed by atoms with Crippen molar-refractivity contribution in [2.75, 3.05) is 6.61 Å². The summed E-state index contributed by atoms with van der Waals surface area (Å²) in [6, 6.07) is 13.8. The molecule has 0 spiro atoms. The second-order valence-electron chi connectivity index (χ2n) is 5.04. The topological polar surface area (TPSA) is 79.5 Å². The molecule has 6 heteroatoms. The smallest absolute Gasteiger partial charge is 0.155 e. The molecule has 0 unspecified atom stereocenters. The number of hydrogen-bond acceptors (Lipinski definition) is 4. The van der Waals surface area contributed by atoms with Crippen LogP contribution in [0.15, 0.2) is 48.8 Å². The zero-order chi connectivity index (χ0) is 15.6. The molecule has 0 amide bonds. The van der Waals surface area contributed by atoms with E-state index in [0.29, 0.717) is 6.61 Å². The summed E-state index contributed by atoms with van der Waals surface area (Å²) >= 11 is 0. The molecule has 0 aliphatic heterocycles. The SMILES string of the molecule is [CH2]COc1cccc(-c2n[nH]c3ccc(-c4ncn[nH]4)cc23)c1. The fourth-order valence-electron chi connectivity index (χ4n) is 2.58. The summed E-state index contributed by atoms with van der Waals surface area (Å²) in [6.07, 6.45) is 1.50. The lowest BCUT2D eigenvalue weighted by Crippen LogP contribution is -1.91. The Morgan fingerprint density at radius 3 is 2.83 bits per heavy atom.